The van der Waals surface area contributed by atoms with E-state index in [4.69, 9.17) is 9.15 Å². The highest BCUT2D eigenvalue weighted by Gasteiger charge is 2.24. The van der Waals surface area contributed by atoms with Gasteiger partial charge >= 0.3 is 5.63 Å². The number of benzene rings is 1. The minimum atomic E-state index is -0.372. The number of hydrogen-bond acceptors (Lipinski definition) is 4. The lowest BCUT2D eigenvalue weighted by Gasteiger charge is -2.22. The largest absolute Gasteiger partial charge is 0.482 e. The number of carbonyl (C=O) groups excluding carboxylic acids is 1. The quantitative estimate of drug-likeness (QED) is 0.795. The van der Waals surface area contributed by atoms with Crippen molar-refractivity contribution in [1.82, 2.24) is 0 Å². The molecular formula is C17H18O4. The minimum absolute atomic E-state index is 0.159. The summed E-state index contributed by atoms with van der Waals surface area (Å²) >= 11 is 0. The van der Waals surface area contributed by atoms with Crippen molar-refractivity contribution in [2.75, 3.05) is 0 Å². The van der Waals surface area contributed by atoms with Gasteiger partial charge in [0.25, 0.3) is 0 Å². The SMILES string of the molecule is Cc1cc2c(C)cc(=O)oc2cc1OC1CCCCC1=O. The highest BCUT2D eigenvalue weighted by molar-refractivity contribution is 5.85. The van der Waals surface area contributed by atoms with E-state index in [1.165, 1.54) is 6.07 Å². The van der Waals surface area contributed by atoms with Gasteiger partial charge in [0.05, 0.1) is 0 Å². The van der Waals surface area contributed by atoms with E-state index in [0.717, 1.165) is 35.8 Å². The third kappa shape index (κ3) is 2.71. The molecule has 1 heterocycles. The molecule has 0 saturated heterocycles. The van der Waals surface area contributed by atoms with Gasteiger partial charge in [0.15, 0.2) is 11.9 Å². The Morgan fingerprint density at radius 3 is 2.67 bits per heavy atom. The Kier molecular flexibility index (Phi) is 3.53. The van der Waals surface area contributed by atoms with E-state index in [-0.39, 0.29) is 17.5 Å². The molecule has 1 aromatic carbocycles. The summed E-state index contributed by atoms with van der Waals surface area (Å²) in [6.45, 7) is 3.82. The van der Waals surface area contributed by atoms with Gasteiger partial charge in [-0.3, -0.25) is 4.79 Å². The van der Waals surface area contributed by atoms with Gasteiger partial charge in [-0.15, -0.1) is 0 Å². The van der Waals surface area contributed by atoms with E-state index in [2.05, 4.69) is 0 Å². The number of fused-ring (bicyclic) bond motifs is 1. The van der Waals surface area contributed by atoms with Crippen molar-refractivity contribution < 1.29 is 13.9 Å². The predicted octanol–water partition coefficient (Wildman–Crippen LogP) is 3.30. The number of carbonyl (C=O) groups is 1. The van der Waals surface area contributed by atoms with E-state index in [1.54, 1.807) is 6.07 Å². The molecule has 1 aliphatic rings. The fourth-order valence-corrected chi connectivity index (χ4v) is 2.81. The van der Waals surface area contributed by atoms with Crippen molar-refractivity contribution in [2.24, 2.45) is 0 Å². The zero-order valence-electron chi connectivity index (χ0n) is 12.3. The molecule has 0 aliphatic heterocycles. The summed E-state index contributed by atoms with van der Waals surface area (Å²) in [4.78, 5) is 23.4. The number of ether oxygens (including phenoxy) is 1. The van der Waals surface area contributed by atoms with Crippen LogP contribution < -0.4 is 10.4 Å². The molecule has 4 heteroatoms. The normalized spacial score (nSPS) is 19.0. The Morgan fingerprint density at radius 2 is 1.90 bits per heavy atom. The third-order valence-electron chi connectivity index (χ3n) is 4.01. The molecule has 0 radical (unpaired) electrons. The van der Waals surface area contributed by atoms with Crippen LogP contribution in [0.5, 0.6) is 5.75 Å². The maximum Gasteiger partial charge on any atom is 0.336 e. The Morgan fingerprint density at radius 1 is 1.10 bits per heavy atom. The fourth-order valence-electron chi connectivity index (χ4n) is 2.81. The summed E-state index contributed by atoms with van der Waals surface area (Å²) in [5.74, 6) is 0.781. The summed E-state index contributed by atoms with van der Waals surface area (Å²) in [5, 5.41) is 0.898. The van der Waals surface area contributed by atoms with Gasteiger partial charge in [-0.05, 0) is 50.3 Å². The minimum Gasteiger partial charge on any atom is -0.482 e. The lowest BCUT2D eigenvalue weighted by molar-refractivity contribution is -0.127. The van der Waals surface area contributed by atoms with Gasteiger partial charge in [0, 0.05) is 23.9 Å². The molecule has 4 nitrogen and oxygen atoms in total. The van der Waals surface area contributed by atoms with Crippen molar-refractivity contribution in [3.05, 3.63) is 39.7 Å². The number of rotatable bonds is 2. The second kappa shape index (κ2) is 5.35. The number of hydrogen-bond donors (Lipinski definition) is 0. The van der Waals surface area contributed by atoms with Gasteiger partial charge in [0.1, 0.15) is 11.3 Å². The van der Waals surface area contributed by atoms with Crippen LogP contribution >= 0.6 is 0 Å². The molecule has 1 aromatic heterocycles. The van der Waals surface area contributed by atoms with Gasteiger partial charge in [-0.25, -0.2) is 4.79 Å². The second-order valence-corrected chi connectivity index (χ2v) is 5.68. The van der Waals surface area contributed by atoms with E-state index in [9.17, 15) is 9.59 Å². The molecule has 0 spiro atoms. The first-order valence-corrected chi connectivity index (χ1v) is 7.29. The van der Waals surface area contributed by atoms with E-state index in [0.29, 0.717) is 17.8 Å². The average Bonchev–Trinajstić information content (AvgIpc) is 2.43. The topological polar surface area (TPSA) is 56.5 Å². The summed E-state index contributed by atoms with van der Waals surface area (Å²) in [6, 6.07) is 5.14. The van der Waals surface area contributed by atoms with Crippen LogP contribution in [0.2, 0.25) is 0 Å². The van der Waals surface area contributed by atoms with Crippen molar-refractivity contribution in [2.45, 2.75) is 45.6 Å². The Bertz CT molecular complexity index is 757. The molecule has 1 atom stereocenters. The number of Topliss-reactive ketones (excluding diaryl/α,β-unsaturated/α-hetero) is 1. The highest BCUT2D eigenvalue weighted by atomic mass is 16.5. The molecule has 0 N–H and O–H groups in total. The predicted molar refractivity (Wildman–Crippen MR) is 79.8 cm³/mol. The van der Waals surface area contributed by atoms with Crippen LogP contribution in [0.3, 0.4) is 0 Å². The summed E-state index contributed by atoms with van der Waals surface area (Å²) < 4.78 is 11.1. The lowest BCUT2D eigenvalue weighted by atomic mass is 9.96. The molecule has 2 aromatic rings. The molecule has 3 rings (SSSR count). The smallest absolute Gasteiger partial charge is 0.336 e. The maximum atomic E-state index is 11.9. The standard InChI is InChI=1S/C17H18O4/c1-10-8-17(19)21-16-9-15(11(2)7-12(10)16)20-14-6-4-3-5-13(14)18/h7-9,14H,3-6H2,1-2H3. The molecule has 0 bridgehead atoms. The summed E-state index contributed by atoms with van der Waals surface area (Å²) in [5.41, 5.74) is 1.95. The van der Waals surface area contributed by atoms with Gasteiger partial charge < -0.3 is 9.15 Å². The van der Waals surface area contributed by atoms with Crippen LogP contribution in [0.1, 0.15) is 36.8 Å². The molecule has 1 saturated carbocycles. The van der Waals surface area contributed by atoms with E-state index >= 15 is 0 Å². The average molecular weight is 286 g/mol. The fraction of sp³-hybridized carbons (Fsp3) is 0.412. The van der Waals surface area contributed by atoms with Gasteiger partial charge in [0.2, 0.25) is 0 Å². The summed E-state index contributed by atoms with van der Waals surface area (Å²) in [6.07, 6.45) is 2.94. The molecule has 21 heavy (non-hydrogen) atoms. The Balaban J connectivity index is 2.00. The van der Waals surface area contributed by atoms with Crippen LogP contribution in [0.15, 0.2) is 27.4 Å². The van der Waals surface area contributed by atoms with Crippen LogP contribution in [-0.2, 0) is 4.79 Å². The van der Waals surface area contributed by atoms with Crippen molar-refractivity contribution in [3.63, 3.8) is 0 Å². The zero-order valence-corrected chi connectivity index (χ0v) is 12.3. The molecule has 0 amide bonds. The van der Waals surface area contributed by atoms with Crippen molar-refractivity contribution in [3.8, 4) is 5.75 Å². The van der Waals surface area contributed by atoms with E-state index < -0.39 is 0 Å². The number of ketones is 1. The molecular weight excluding hydrogens is 268 g/mol. The first-order valence-electron chi connectivity index (χ1n) is 7.29. The van der Waals surface area contributed by atoms with Crippen LogP contribution in [0.4, 0.5) is 0 Å². The number of aryl methyl sites for hydroxylation is 2. The van der Waals surface area contributed by atoms with Crippen molar-refractivity contribution >= 4 is 16.8 Å². The van der Waals surface area contributed by atoms with Crippen molar-refractivity contribution in [1.29, 1.82) is 0 Å². The first kappa shape index (κ1) is 13.9. The van der Waals surface area contributed by atoms with Gasteiger partial charge in [-0.2, -0.15) is 0 Å². The summed E-state index contributed by atoms with van der Waals surface area (Å²) in [7, 11) is 0. The monoisotopic (exact) mass is 286 g/mol. The molecule has 1 fully saturated rings. The lowest BCUT2D eigenvalue weighted by Crippen LogP contribution is -2.30. The van der Waals surface area contributed by atoms with E-state index in [1.807, 2.05) is 19.9 Å². The highest BCUT2D eigenvalue weighted by Crippen LogP contribution is 2.29. The van der Waals surface area contributed by atoms with Gasteiger partial charge in [-0.1, -0.05) is 0 Å². The first-order chi connectivity index (χ1) is 10.0. The second-order valence-electron chi connectivity index (χ2n) is 5.68. The molecule has 110 valence electrons. The van der Waals surface area contributed by atoms with Crippen LogP contribution in [0, 0.1) is 13.8 Å². The third-order valence-corrected chi connectivity index (χ3v) is 4.01. The van der Waals surface area contributed by atoms with Crippen LogP contribution in [0.25, 0.3) is 11.0 Å². The zero-order chi connectivity index (χ0) is 15.0. The maximum absolute atomic E-state index is 11.9. The van der Waals surface area contributed by atoms with Crippen LogP contribution in [-0.4, -0.2) is 11.9 Å². The molecule has 1 unspecified atom stereocenters. The Hall–Kier alpha value is -2.10. The molecule has 1 aliphatic carbocycles. The Labute approximate surface area is 122 Å².